The van der Waals surface area contributed by atoms with Gasteiger partial charge in [0.25, 0.3) is 0 Å². The lowest BCUT2D eigenvalue weighted by molar-refractivity contribution is -0.0399. The average molecular weight is 804 g/mol. The highest BCUT2D eigenvalue weighted by Crippen LogP contribution is 2.70. The van der Waals surface area contributed by atoms with Crippen molar-refractivity contribution < 1.29 is 0 Å². The Labute approximate surface area is 368 Å². The predicted molar refractivity (Wildman–Crippen MR) is 257 cm³/mol. The quantitative estimate of drug-likeness (QED) is 0.168. The number of anilines is 3. The normalized spacial score (nSPS) is 25.7. The summed E-state index contributed by atoms with van der Waals surface area (Å²) in [5.41, 5.74) is 20.8. The van der Waals surface area contributed by atoms with Crippen LogP contribution in [0, 0.1) is 23.7 Å². The summed E-state index contributed by atoms with van der Waals surface area (Å²) >= 11 is 0. The Morgan fingerprint density at radius 1 is 0.403 bits per heavy atom. The third-order valence-electron chi connectivity index (χ3n) is 17.6. The van der Waals surface area contributed by atoms with E-state index in [0.29, 0.717) is 11.8 Å². The van der Waals surface area contributed by atoms with E-state index in [1.807, 2.05) is 0 Å². The molecule has 7 aliphatic carbocycles. The summed E-state index contributed by atoms with van der Waals surface area (Å²) in [4.78, 5) is 2.69. The summed E-state index contributed by atoms with van der Waals surface area (Å²) in [5.74, 6) is 3.23. The van der Waals surface area contributed by atoms with Crippen LogP contribution in [-0.4, -0.2) is 0 Å². The molecule has 0 amide bonds. The summed E-state index contributed by atoms with van der Waals surface area (Å²) in [7, 11) is 0. The summed E-state index contributed by atoms with van der Waals surface area (Å²) in [5, 5.41) is 0. The standard InChI is InChI=1S/C61H57N/c1-58(2)30-31-59(3,4)55-38-46(27-29-52(55)58)62(45-26-28-48-47-20-11-13-22-50(47)61(54(48)37-45)43-33-39-32-40(35-43)36-44(61)34-39)56-25-15-24-53-57(56)49-21-12-14-23-51(49)60(53,41-16-7-5-8-17-41)42-18-9-6-10-19-42/h5-29,37-40,43-44H,30-36H2,1-4H3. The second-order valence-electron chi connectivity index (χ2n) is 21.5. The molecule has 62 heavy (non-hydrogen) atoms. The minimum absolute atomic E-state index is 0.0809. The average Bonchev–Trinajstić information content (AvgIpc) is 3.76. The first kappa shape index (κ1) is 36.9. The van der Waals surface area contributed by atoms with Crippen LogP contribution in [0.4, 0.5) is 17.1 Å². The number of nitrogens with zero attached hydrogens (tertiary/aromatic N) is 1. The predicted octanol–water partition coefficient (Wildman–Crippen LogP) is 15.6. The van der Waals surface area contributed by atoms with Crippen molar-refractivity contribution in [3.8, 4) is 22.3 Å². The van der Waals surface area contributed by atoms with Gasteiger partial charge in [0.05, 0.1) is 11.1 Å². The molecule has 0 unspecified atom stereocenters. The monoisotopic (exact) mass is 803 g/mol. The molecule has 4 bridgehead atoms. The second-order valence-corrected chi connectivity index (χ2v) is 21.5. The molecule has 0 aliphatic heterocycles. The van der Waals surface area contributed by atoms with Crippen molar-refractivity contribution in [3.63, 3.8) is 0 Å². The van der Waals surface area contributed by atoms with Crippen molar-refractivity contribution in [2.75, 3.05) is 4.90 Å². The van der Waals surface area contributed by atoms with Crippen molar-refractivity contribution in [2.45, 2.75) is 94.3 Å². The molecule has 0 aromatic heterocycles. The number of hydrogen-bond donors (Lipinski definition) is 0. The van der Waals surface area contributed by atoms with Crippen molar-refractivity contribution in [2.24, 2.45) is 23.7 Å². The topological polar surface area (TPSA) is 3.24 Å². The first-order valence-corrected chi connectivity index (χ1v) is 23.7. The van der Waals surface area contributed by atoms with Gasteiger partial charge in [-0.2, -0.15) is 0 Å². The molecule has 0 atom stereocenters. The maximum atomic E-state index is 2.70. The van der Waals surface area contributed by atoms with Gasteiger partial charge in [-0.15, -0.1) is 0 Å². The van der Waals surface area contributed by atoms with Crippen molar-refractivity contribution in [1.29, 1.82) is 0 Å². The van der Waals surface area contributed by atoms with Crippen LogP contribution in [0.5, 0.6) is 0 Å². The Hall–Kier alpha value is -5.66. The van der Waals surface area contributed by atoms with Crippen LogP contribution in [0.1, 0.15) is 117 Å². The zero-order valence-electron chi connectivity index (χ0n) is 36.8. The van der Waals surface area contributed by atoms with Gasteiger partial charge in [0.1, 0.15) is 0 Å². The fourth-order valence-corrected chi connectivity index (χ4v) is 15.1. The molecule has 0 saturated heterocycles. The molecule has 4 fully saturated rings. The summed E-state index contributed by atoms with van der Waals surface area (Å²) in [6.45, 7) is 9.86. The van der Waals surface area contributed by atoms with E-state index in [9.17, 15) is 0 Å². The van der Waals surface area contributed by atoms with Crippen LogP contribution in [0.2, 0.25) is 0 Å². The van der Waals surface area contributed by atoms with Gasteiger partial charge < -0.3 is 4.90 Å². The van der Waals surface area contributed by atoms with Gasteiger partial charge in [-0.05, 0) is 171 Å². The van der Waals surface area contributed by atoms with Crippen LogP contribution in [-0.2, 0) is 21.7 Å². The number of fused-ring (bicyclic) bond motifs is 7. The highest BCUT2D eigenvalue weighted by Gasteiger charge is 2.61. The SMILES string of the molecule is CC1(C)CCC(C)(C)c2cc(N(c3ccc4c(c3)C3(c5ccccc5-4)C4CC5CC(C4)CC3C5)c3cccc4c3-c3ccccc3C4(c3ccccc3)c3ccccc3)ccc21. The van der Waals surface area contributed by atoms with Crippen molar-refractivity contribution >= 4 is 17.1 Å². The molecular weight excluding hydrogens is 747 g/mol. The van der Waals surface area contributed by atoms with Crippen molar-refractivity contribution in [3.05, 3.63) is 208 Å². The summed E-state index contributed by atoms with van der Waals surface area (Å²) < 4.78 is 0. The highest BCUT2D eigenvalue weighted by atomic mass is 15.1. The van der Waals surface area contributed by atoms with Crippen LogP contribution in [0.3, 0.4) is 0 Å². The molecule has 7 aliphatic rings. The van der Waals surface area contributed by atoms with E-state index in [1.54, 1.807) is 11.1 Å². The second kappa shape index (κ2) is 12.9. The molecule has 0 heterocycles. The van der Waals surface area contributed by atoms with Gasteiger partial charge in [-0.1, -0.05) is 161 Å². The Morgan fingerprint density at radius 3 is 1.58 bits per heavy atom. The van der Waals surface area contributed by atoms with Gasteiger partial charge in [-0.25, -0.2) is 0 Å². The fourth-order valence-electron chi connectivity index (χ4n) is 15.1. The zero-order chi connectivity index (χ0) is 41.6. The maximum Gasteiger partial charge on any atom is 0.0714 e. The smallest absolute Gasteiger partial charge is 0.0714 e. The molecule has 7 aromatic rings. The molecule has 0 N–H and O–H groups in total. The van der Waals surface area contributed by atoms with Crippen LogP contribution >= 0.6 is 0 Å². The first-order chi connectivity index (χ1) is 30.2. The first-order valence-electron chi connectivity index (χ1n) is 23.7. The summed E-state index contributed by atoms with van der Waals surface area (Å²) in [6, 6.07) is 63.9. The number of rotatable bonds is 5. The minimum atomic E-state index is -0.470. The third kappa shape index (κ3) is 4.81. The van der Waals surface area contributed by atoms with E-state index in [2.05, 4.69) is 196 Å². The van der Waals surface area contributed by atoms with E-state index < -0.39 is 5.41 Å². The van der Waals surface area contributed by atoms with Gasteiger partial charge in [0.2, 0.25) is 0 Å². The van der Waals surface area contributed by atoms with Gasteiger partial charge in [0.15, 0.2) is 0 Å². The van der Waals surface area contributed by atoms with Crippen LogP contribution in [0.25, 0.3) is 22.3 Å². The lowest BCUT2D eigenvalue weighted by Gasteiger charge is -2.61. The Balaban J connectivity index is 1.10. The molecule has 306 valence electrons. The fraction of sp³-hybridized carbons (Fsp3) is 0.311. The van der Waals surface area contributed by atoms with Gasteiger partial charge >= 0.3 is 0 Å². The lowest BCUT2D eigenvalue weighted by Crippen LogP contribution is -2.55. The molecule has 14 rings (SSSR count). The van der Waals surface area contributed by atoms with Crippen LogP contribution < -0.4 is 4.90 Å². The van der Waals surface area contributed by atoms with E-state index in [1.165, 1.54) is 118 Å². The Morgan fingerprint density at radius 2 is 0.919 bits per heavy atom. The lowest BCUT2D eigenvalue weighted by atomic mass is 9.43. The van der Waals surface area contributed by atoms with E-state index in [0.717, 1.165) is 11.8 Å². The number of hydrogen-bond acceptors (Lipinski definition) is 1. The maximum absolute atomic E-state index is 2.70. The molecule has 1 nitrogen and oxygen atoms in total. The van der Waals surface area contributed by atoms with Crippen molar-refractivity contribution in [1.82, 2.24) is 0 Å². The molecule has 1 heteroatoms. The largest absolute Gasteiger partial charge is 0.310 e. The Bertz CT molecular complexity index is 2860. The molecule has 0 radical (unpaired) electrons. The highest BCUT2D eigenvalue weighted by molar-refractivity contribution is 5.98. The molecule has 7 aromatic carbocycles. The van der Waals surface area contributed by atoms with Gasteiger partial charge in [-0.3, -0.25) is 0 Å². The molecular formula is C61H57N. The minimum Gasteiger partial charge on any atom is -0.310 e. The van der Waals surface area contributed by atoms with Crippen LogP contribution in [0.15, 0.2) is 164 Å². The third-order valence-corrected chi connectivity index (χ3v) is 17.6. The number of benzene rings is 7. The van der Waals surface area contributed by atoms with E-state index in [4.69, 9.17) is 0 Å². The zero-order valence-corrected chi connectivity index (χ0v) is 36.8. The van der Waals surface area contributed by atoms with E-state index >= 15 is 0 Å². The van der Waals surface area contributed by atoms with Gasteiger partial charge in [0, 0.05) is 22.4 Å². The van der Waals surface area contributed by atoms with E-state index in [-0.39, 0.29) is 16.2 Å². The Kier molecular flexibility index (Phi) is 7.72. The molecule has 4 saturated carbocycles. The summed E-state index contributed by atoms with van der Waals surface area (Å²) in [6.07, 6.45) is 9.39. The molecule has 1 spiro atoms.